The molecule has 1 aromatic carbocycles. The van der Waals surface area contributed by atoms with Crippen molar-refractivity contribution >= 4 is 16.9 Å². The van der Waals surface area contributed by atoms with Gasteiger partial charge in [-0.05, 0) is 49.3 Å². The van der Waals surface area contributed by atoms with Gasteiger partial charge >= 0.3 is 0 Å². The third kappa shape index (κ3) is 3.23. The summed E-state index contributed by atoms with van der Waals surface area (Å²) >= 11 is 0. The maximum absolute atomic E-state index is 5.55. The SMILES string of the molecule is COc1nc(N[C@H]2CC[C@H](C)CC2)ncc1-c1ccc2c(cnn2C)c1. The number of ether oxygens (including phenoxy) is 1. The highest BCUT2D eigenvalue weighted by atomic mass is 16.5. The smallest absolute Gasteiger partial charge is 0.226 e. The van der Waals surface area contributed by atoms with Crippen LogP contribution in [0, 0.1) is 5.92 Å². The zero-order valence-corrected chi connectivity index (χ0v) is 15.6. The second kappa shape index (κ2) is 6.94. The van der Waals surface area contributed by atoms with Gasteiger partial charge in [0.2, 0.25) is 11.8 Å². The Labute approximate surface area is 153 Å². The van der Waals surface area contributed by atoms with E-state index in [0.29, 0.717) is 17.9 Å². The third-order valence-electron chi connectivity index (χ3n) is 5.35. The Kier molecular flexibility index (Phi) is 4.49. The number of rotatable bonds is 4. The molecule has 2 heterocycles. The van der Waals surface area contributed by atoms with Gasteiger partial charge in [-0.2, -0.15) is 10.1 Å². The van der Waals surface area contributed by atoms with Crippen LogP contribution in [0.2, 0.25) is 0 Å². The number of benzene rings is 1. The minimum Gasteiger partial charge on any atom is -0.480 e. The topological polar surface area (TPSA) is 64.9 Å². The number of methoxy groups -OCH3 is 1. The van der Waals surface area contributed by atoms with E-state index >= 15 is 0 Å². The van der Waals surface area contributed by atoms with Gasteiger partial charge in [0, 0.05) is 24.7 Å². The lowest BCUT2D eigenvalue weighted by Gasteiger charge is -2.27. The molecule has 0 unspecified atom stereocenters. The van der Waals surface area contributed by atoms with Gasteiger partial charge in [-0.25, -0.2) is 4.98 Å². The highest BCUT2D eigenvalue weighted by molar-refractivity contribution is 5.85. The van der Waals surface area contributed by atoms with Gasteiger partial charge in [0.1, 0.15) is 0 Å². The molecule has 0 spiro atoms. The Bertz CT molecular complexity index is 912. The van der Waals surface area contributed by atoms with E-state index in [-0.39, 0.29) is 0 Å². The van der Waals surface area contributed by atoms with Crippen LogP contribution in [0.3, 0.4) is 0 Å². The van der Waals surface area contributed by atoms with E-state index in [2.05, 4.69) is 45.5 Å². The van der Waals surface area contributed by atoms with Crippen LogP contribution in [0.5, 0.6) is 5.88 Å². The monoisotopic (exact) mass is 351 g/mol. The largest absolute Gasteiger partial charge is 0.480 e. The second-order valence-electron chi connectivity index (χ2n) is 7.26. The van der Waals surface area contributed by atoms with Gasteiger partial charge in [-0.1, -0.05) is 13.0 Å². The van der Waals surface area contributed by atoms with Crippen molar-refractivity contribution in [2.75, 3.05) is 12.4 Å². The number of aromatic nitrogens is 4. The molecule has 0 saturated heterocycles. The summed E-state index contributed by atoms with van der Waals surface area (Å²) in [7, 11) is 3.60. The average molecular weight is 351 g/mol. The standard InChI is InChI=1S/C20H25N5O/c1-13-4-7-16(8-5-13)23-20-21-12-17(19(24-20)26-3)14-6-9-18-15(10-14)11-22-25(18)2/h6,9-13,16H,4-5,7-8H2,1-3H3,(H,21,23,24)/t13-,16-. The predicted molar refractivity (Wildman–Crippen MR) is 103 cm³/mol. The van der Waals surface area contributed by atoms with Crippen LogP contribution in [0.15, 0.2) is 30.6 Å². The first-order valence-corrected chi connectivity index (χ1v) is 9.23. The van der Waals surface area contributed by atoms with Crippen molar-refractivity contribution in [3.63, 3.8) is 0 Å². The van der Waals surface area contributed by atoms with Crippen LogP contribution in [0.25, 0.3) is 22.0 Å². The summed E-state index contributed by atoms with van der Waals surface area (Å²) in [6, 6.07) is 6.67. The summed E-state index contributed by atoms with van der Waals surface area (Å²) in [6.45, 7) is 2.32. The normalized spacial score (nSPS) is 20.3. The lowest BCUT2D eigenvalue weighted by atomic mass is 9.87. The Balaban J connectivity index is 1.60. The molecule has 6 heteroatoms. The zero-order chi connectivity index (χ0) is 18.1. The Hall–Kier alpha value is -2.63. The van der Waals surface area contributed by atoms with Crippen LogP contribution in [-0.2, 0) is 7.05 Å². The molecule has 0 aliphatic heterocycles. The van der Waals surface area contributed by atoms with Crippen LogP contribution < -0.4 is 10.1 Å². The number of aryl methyl sites for hydroxylation is 1. The molecule has 0 bridgehead atoms. The molecule has 136 valence electrons. The summed E-state index contributed by atoms with van der Waals surface area (Å²) < 4.78 is 7.42. The molecular weight excluding hydrogens is 326 g/mol. The van der Waals surface area contributed by atoms with Crippen molar-refractivity contribution in [1.29, 1.82) is 0 Å². The Morgan fingerprint density at radius 3 is 2.73 bits per heavy atom. The summed E-state index contributed by atoms with van der Waals surface area (Å²) in [6.07, 6.45) is 8.58. The zero-order valence-electron chi connectivity index (χ0n) is 15.6. The third-order valence-corrected chi connectivity index (χ3v) is 5.35. The van der Waals surface area contributed by atoms with E-state index in [4.69, 9.17) is 4.74 Å². The molecular formula is C20H25N5O. The Morgan fingerprint density at radius 1 is 1.15 bits per heavy atom. The van der Waals surface area contributed by atoms with Crippen molar-refractivity contribution in [2.45, 2.75) is 38.6 Å². The van der Waals surface area contributed by atoms with E-state index in [0.717, 1.165) is 27.9 Å². The van der Waals surface area contributed by atoms with Crippen molar-refractivity contribution in [3.05, 3.63) is 30.6 Å². The van der Waals surface area contributed by atoms with Crippen LogP contribution in [0.4, 0.5) is 5.95 Å². The van der Waals surface area contributed by atoms with E-state index < -0.39 is 0 Å². The van der Waals surface area contributed by atoms with Crippen LogP contribution in [-0.4, -0.2) is 32.9 Å². The van der Waals surface area contributed by atoms with Crippen molar-refractivity contribution in [1.82, 2.24) is 19.7 Å². The summed E-state index contributed by atoms with van der Waals surface area (Å²) in [4.78, 5) is 9.14. The first kappa shape index (κ1) is 16.8. The number of anilines is 1. The molecule has 3 aromatic rings. The minimum absolute atomic E-state index is 0.452. The molecule has 1 saturated carbocycles. The van der Waals surface area contributed by atoms with Crippen molar-refractivity contribution in [2.24, 2.45) is 13.0 Å². The summed E-state index contributed by atoms with van der Waals surface area (Å²) in [5, 5.41) is 8.86. The number of fused-ring (bicyclic) bond motifs is 1. The number of hydrogen-bond acceptors (Lipinski definition) is 5. The van der Waals surface area contributed by atoms with Gasteiger partial charge in [0.25, 0.3) is 0 Å². The lowest BCUT2D eigenvalue weighted by Crippen LogP contribution is -2.26. The molecule has 0 amide bonds. The second-order valence-corrected chi connectivity index (χ2v) is 7.26. The molecule has 6 nitrogen and oxygen atoms in total. The molecule has 0 radical (unpaired) electrons. The average Bonchev–Trinajstić information content (AvgIpc) is 3.04. The first-order valence-electron chi connectivity index (χ1n) is 9.23. The first-order chi connectivity index (χ1) is 12.6. The fourth-order valence-corrected chi connectivity index (χ4v) is 3.71. The van der Waals surface area contributed by atoms with Gasteiger partial charge < -0.3 is 10.1 Å². The molecule has 0 atom stereocenters. The highest BCUT2D eigenvalue weighted by Gasteiger charge is 2.19. The number of nitrogens with one attached hydrogen (secondary N) is 1. The molecule has 1 aliphatic carbocycles. The predicted octanol–water partition coefficient (Wildman–Crippen LogP) is 4.03. The highest BCUT2D eigenvalue weighted by Crippen LogP contribution is 2.31. The fourth-order valence-electron chi connectivity index (χ4n) is 3.71. The van der Waals surface area contributed by atoms with Crippen LogP contribution in [0.1, 0.15) is 32.6 Å². The minimum atomic E-state index is 0.452. The quantitative estimate of drug-likeness (QED) is 0.769. The van der Waals surface area contributed by atoms with Crippen molar-refractivity contribution in [3.8, 4) is 17.0 Å². The van der Waals surface area contributed by atoms with E-state index in [1.54, 1.807) is 7.11 Å². The molecule has 4 rings (SSSR count). The van der Waals surface area contributed by atoms with Gasteiger partial charge in [-0.15, -0.1) is 0 Å². The van der Waals surface area contributed by atoms with E-state index in [9.17, 15) is 0 Å². The number of nitrogens with zero attached hydrogens (tertiary/aromatic N) is 4. The van der Waals surface area contributed by atoms with Gasteiger partial charge in [-0.3, -0.25) is 4.68 Å². The maximum Gasteiger partial charge on any atom is 0.226 e. The van der Waals surface area contributed by atoms with E-state index in [1.807, 2.05) is 24.1 Å². The maximum atomic E-state index is 5.55. The molecule has 1 N–H and O–H groups in total. The summed E-state index contributed by atoms with van der Waals surface area (Å²) in [5.74, 6) is 2.07. The fraction of sp³-hybridized carbons (Fsp3) is 0.450. The lowest BCUT2D eigenvalue weighted by molar-refractivity contribution is 0.359. The Morgan fingerprint density at radius 2 is 1.96 bits per heavy atom. The molecule has 1 fully saturated rings. The van der Waals surface area contributed by atoms with Gasteiger partial charge in [0.15, 0.2) is 0 Å². The van der Waals surface area contributed by atoms with Gasteiger partial charge in [0.05, 0.1) is 24.4 Å². The van der Waals surface area contributed by atoms with Crippen molar-refractivity contribution < 1.29 is 4.74 Å². The molecule has 1 aliphatic rings. The van der Waals surface area contributed by atoms with E-state index in [1.165, 1.54) is 25.7 Å². The number of hydrogen-bond donors (Lipinski definition) is 1. The van der Waals surface area contributed by atoms with Crippen LogP contribution >= 0.6 is 0 Å². The summed E-state index contributed by atoms with van der Waals surface area (Å²) in [5.41, 5.74) is 3.01. The molecule has 26 heavy (non-hydrogen) atoms. The molecule has 2 aromatic heterocycles.